The van der Waals surface area contributed by atoms with E-state index in [1.807, 2.05) is 0 Å². The van der Waals surface area contributed by atoms with Gasteiger partial charge in [0, 0.05) is 5.69 Å². The van der Waals surface area contributed by atoms with Gasteiger partial charge in [0.05, 0.1) is 10.0 Å². The second-order valence-corrected chi connectivity index (χ2v) is 8.25. The summed E-state index contributed by atoms with van der Waals surface area (Å²) in [5.41, 5.74) is 8.38. The number of anilines is 2. The minimum atomic E-state index is -3.77. The Kier molecular flexibility index (Phi) is 4.20. The zero-order valence-corrected chi connectivity index (χ0v) is 13.8. The highest BCUT2D eigenvalue weighted by Crippen LogP contribution is 2.35. The molecule has 0 saturated heterocycles. The zero-order valence-electron chi connectivity index (χ0n) is 10.7. The Morgan fingerprint density at radius 3 is 2.35 bits per heavy atom. The smallest absolute Gasteiger partial charge is 0.264 e. The molecule has 1 aromatic carbocycles. The molecule has 4 nitrogen and oxygen atoms in total. The molecular formula is C12H12Cl2N2O2S2. The van der Waals surface area contributed by atoms with E-state index in [2.05, 4.69) is 4.72 Å². The van der Waals surface area contributed by atoms with E-state index in [9.17, 15) is 8.42 Å². The molecule has 0 spiro atoms. The Labute approximate surface area is 131 Å². The highest BCUT2D eigenvalue weighted by Gasteiger charge is 2.22. The van der Waals surface area contributed by atoms with Gasteiger partial charge in [-0.1, -0.05) is 23.2 Å². The van der Waals surface area contributed by atoms with Crippen molar-refractivity contribution in [1.82, 2.24) is 0 Å². The average Bonchev–Trinajstić information content (AvgIpc) is 2.66. The molecule has 0 bridgehead atoms. The number of hydrogen-bond donors (Lipinski definition) is 2. The lowest BCUT2D eigenvalue weighted by molar-refractivity contribution is 0.601. The van der Waals surface area contributed by atoms with Gasteiger partial charge in [0.25, 0.3) is 10.0 Å². The standard InChI is InChI=1S/C12H12Cl2N2O2S2/c1-6-4-9(7(2)3-8(6)15)16-20(17,18)10-5-11(13)19-12(10)14/h3-5,16H,15H2,1-2H3. The van der Waals surface area contributed by atoms with Gasteiger partial charge in [-0.25, -0.2) is 8.42 Å². The summed E-state index contributed by atoms with van der Waals surface area (Å²) in [5, 5.41) is 0. The largest absolute Gasteiger partial charge is 0.399 e. The van der Waals surface area contributed by atoms with Gasteiger partial charge in [-0.05, 0) is 43.2 Å². The van der Waals surface area contributed by atoms with Crippen molar-refractivity contribution in [3.05, 3.63) is 38.0 Å². The van der Waals surface area contributed by atoms with Crippen LogP contribution in [0.3, 0.4) is 0 Å². The van der Waals surface area contributed by atoms with Crippen molar-refractivity contribution in [2.75, 3.05) is 10.5 Å². The van der Waals surface area contributed by atoms with E-state index in [0.717, 1.165) is 22.5 Å². The maximum atomic E-state index is 12.3. The van der Waals surface area contributed by atoms with Crippen LogP contribution >= 0.6 is 34.5 Å². The van der Waals surface area contributed by atoms with Gasteiger partial charge >= 0.3 is 0 Å². The Balaban J connectivity index is 2.43. The third-order valence-corrected chi connectivity index (χ3v) is 5.89. The average molecular weight is 351 g/mol. The van der Waals surface area contributed by atoms with Crippen LogP contribution in [0.2, 0.25) is 8.67 Å². The molecular weight excluding hydrogens is 339 g/mol. The van der Waals surface area contributed by atoms with Crippen LogP contribution < -0.4 is 10.5 Å². The normalized spacial score (nSPS) is 11.6. The van der Waals surface area contributed by atoms with Crippen molar-refractivity contribution < 1.29 is 8.42 Å². The summed E-state index contributed by atoms with van der Waals surface area (Å²) >= 11 is 12.7. The third kappa shape index (κ3) is 3.03. The van der Waals surface area contributed by atoms with Crippen LogP contribution in [-0.4, -0.2) is 8.42 Å². The number of hydrogen-bond acceptors (Lipinski definition) is 4. The van der Waals surface area contributed by atoms with Crippen LogP contribution in [0, 0.1) is 13.8 Å². The lowest BCUT2D eigenvalue weighted by Crippen LogP contribution is -2.13. The van der Waals surface area contributed by atoms with Crippen LogP contribution in [-0.2, 0) is 10.0 Å². The quantitative estimate of drug-likeness (QED) is 0.820. The van der Waals surface area contributed by atoms with Gasteiger partial charge in [0.15, 0.2) is 0 Å². The molecule has 2 aromatic rings. The van der Waals surface area contributed by atoms with Crippen molar-refractivity contribution in [1.29, 1.82) is 0 Å². The number of sulfonamides is 1. The van der Waals surface area contributed by atoms with E-state index >= 15 is 0 Å². The molecule has 0 saturated carbocycles. The molecule has 0 amide bonds. The summed E-state index contributed by atoms with van der Waals surface area (Å²) in [7, 11) is -3.77. The van der Waals surface area contributed by atoms with Gasteiger partial charge in [0.2, 0.25) is 0 Å². The molecule has 0 aliphatic heterocycles. The monoisotopic (exact) mass is 350 g/mol. The molecule has 0 atom stereocenters. The van der Waals surface area contributed by atoms with Crippen molar-refractivity contribution in [3.8, 4) is 0 Å². The molecule has 108 valence electrons. The van der Waals surface area contributed by atoms with Crippen molar-refractivity contribution >= 4 is 55.9 Å². The van der Waals surface area contributed by atoms with E-state index in [4.69, 9.17) is 28.9 Å². The number of thiophene rings is 1. The molecule has 3 N–H and O–H groups in total. The predicted molar refractivity (Wildman–Crippen MR) is 85.5 cm³/mol. The maximum Gasteiger partial charge on any atom is 0.264 e. The van der Waals surface area contributed by atoms with Gasteiger partial charge in [0.1, 0.15) is 9.23 Å². The van der Waals surface area contributed by atoms with Crippen molar-refractivity contribution in [3.63, 3.8) is 0 Å². The molecule has 20 heavy (non-hydrogen) atoms. The van der Waals surface area contributed by atoms with Gasteiger partial charge in [-0.3, -0.25) is 4.72 Å². The number of nitrogens with one attached hydrogen (secondary N) is 1. The highest BCUT2D eigenvalue weighted by molar-refractivity contribution is 7.93. The van der Waals surface area contributed by atoms with Crippen LogP contribution in [0.15, 0.2) is 23.1 Å². The second kappa shape index (κ2) is 5.44. The fourth-order valence-corrected chi connectivity index (χ4v) is 4.93. The summed E-state index contributed by atoms with van der Waals surface area (Å²) in [5.74, 6) is 0. The topological polar surface area (TPSA) is 72.2 Å². The Bertz CT molecular complexity index is 770. The number of rotatable bonds is 3. The summed E-state index contributed by atoms with van der Waals surface area (Å²) in [6.45, 7) is 3.58. The first-order valence-corrected chi connectivity index (χ1v) is 8.60. The maximum absolute atomic E-state index is 12.3. The number of aryl methyl sites for hydroxylation is 2. The first kappa shape index (κ1) is 15.4. The third-order valence-electron chi connectivity index (χ3n) is 2.77. The van der Waals surface area contributed by atoms with Crippen molar-refractivity contribution in [2.24, 2.45) is 0 Å². The van der Waals surface area contributed by atoms with Crippen LogP contribution in [0.25, 0.3) is 0 Å². The Morgan fingerprint density at radius 1 is 1.15 bits per heavy atom. The van der Waals surface area contributed by atoms with Crippen LogP contribution in [0.5, 0.6) is 0 Å². The number of nitrogen functional groups attached to an aromatic ring is 1. The summed E-state index contributed by atoms with van der Waals surface area (Å²) in [6, 6.07) is 4.73. The zero-order chi connectivity index (χ0) is 15.1. The summed E-state index contributed by atoms with van der Waals surface area (Å²) in [4.78, 5) is -0.0250. The number of nitrogens with two attached hydrogens (primary N) is 1. The molecule has 0 aliphatic carbocycles. The summed E-state index contributed by atoms with van der Waals surface area (Å²) in [6.07, 6.45) is 0. The molecule has 2 rings (SSSR count). The minimum absolute atomic E-state index is 0.0250. The van der Waals surface area contributed by atoms with Gasteiger partial charge < -0.3 is 5.73 Å². The molecule has 0 aliphatic rings. The Morgan fingerprint density at radius 2 is 1.80 bits per heavy atom. The SMILES string of the molecule is Cc1cc(NS(=O)(=O)c2cc(Cl)sc2Cl)c(C)cc1N. The number of halogens is 2. The molecule has 0 fully saturated rings. The van der Waals surface area contributed by atoms with E-state index in [0.29, 0.717) is 15.7 Å². The van der Waals surface area contributed by atoms with E-state index in [1.54, 1.807) is 26.0 Å². The predicted octanol–water partition coefficient (Wildman–Crippen LogP) is 4.05. The lowest BCUT2D eigenvalue weighted by atomic mass is 10.1. The first-order chi connectivity index (χ1) is 9.20. The number of benzene rings is 1. The summed E-state index contributed by atoms with van der Waals surface area (Å²) < 4.78 is 27.6. The van der Waals surface area contributed by atoms with E-state index in [-0.39, 0.29) is 9.23 Å². The first-order valence-electron chi connectivity index (χ1n) is 5.55. The molecule has 1 aromatic heterocycles. The Hall–Kier alpha value is -0.950. The fourth-order valence-electron chi connectivity index (χ4n) is 1.66. The highest BCUT2D eigenvalue weighted by atomic mass is 35.5. The van der Waals surface area contributed by atoms with Crippen LogP contribution in [0.4, 0.5) is 11.4 Å². The fraction of sp³-hybridized carbons (Fsp3) is 0.167. The van der Waals surface area contributed by atoms with Crippen molar-refractivity contribution in [2.45, 2.75) is 18.7 Å². The second-order valence-electron chi connectivity index (χ2n) is 4.32. The lowest BCUT2D eigenvalue weighted by Gasteiger charge is -2.12. The molecule has 8 heteroatoms. The van der Waals surface area contributed by atoms with Gasteiger partial charge in [-0.2, -0.15) is 0 Å². The van der Waals surface area contributed by atoms with Gasteiger partial charge in [-0.15, -0.1) is 11.3 Å². The van der Waals surface area contributed by atoms with Crippen LogP contribution in [0.1, 0.15) is 11.1 Å². The molecule has 0 radical (unpaired) electrons. The van der Waals surface area contributed by atoms with E-state index in [1.165, 1.54) is 6.07 Å². The molecule has 1 heterocycles. The van der Waals surface area contributed by atoms with E-state index < -0.39 is 10.0 Å². The molecule has 0 unspecified atom stereocenters. The minimum Gasteiger partial charge on any atom is -0.399 e.